The molecule has 0 heterocycles. The Hall–Kier alpha value is 0.300. The van der Waals surface area contributed by atoms with E-state index in [-0.39, 0.29) is 0 Å². The zero-order valence-electron chi connectivity index (χ0n) is 5.05. The van der Waals surface area contributed by atoms with Crippen molar-refractivity contribution in [2.24, 2.45) is 0 Å². The summed E-state index contributed by atoms with van der Waals surface area (Å²) in [5.41, 5.74) is 0. The van der Waals surface area contributed by atoms with Gasteiger partial charge in [0.05, 0.1) is 0 Å². The van der Waals surface area contributed by atoms with Crippen LogP contribution in [-0.4, -0.2) is 32.4 Å². The van der Waals surface area contributed by atoms with Crippen LogP contribution in [0.3, 0.4) is 0 Å². The van der Waals surface area contributed by atoms with Crippen molar-refractivity contribution in [2.75, 3.05) is 24.0 Å². The average molecular weight is 154 g/mol. The molecule has 2 nitrogen and oxygen atoms in total. The maximum absolute atomic E-state index is 10.3. The Morgan fingerprint density at radius 3 is 1.38 bits per heavy atom. The van der Waals surface area contributed by atoms with Gasteiger partial charge < -0.3 is 0 Å². The smallest absolute Gasteiger partial charge is 0.0347 e. The minimum atomic E-state index is -0.779. The number of hydrogen-bond acceptors (Lipinski definition) is 2. The van der Waals surface area contributed by atoms with Gasteiger partial charge in [-0.2, -0.15) is 0 Å². The first kappa shape index (κ1) is 8.30. The van der Waals surface area contributed by atoms with Gasteiger partial charge in [-0.15, -0.1) is 0 Å². The lowest BCUT2D eigenvalue weighted by Gasteiger charge is -1.89. The minimum Gasteiger partial charge on any atom is -0.260 e. The minimum absolute atomic E-state index is 0.559. The van der Waals surface area contributed by atoms with Crippen LogP contribution < -0.4 is 0 Å². The zero-order chi connectivity index (χ0) is 6.57. The van der Waals surface area contributed by atoms with Crippen molar-refractivity contribution >= 4 is 21.6 Å². The third-order valence-corrected chi connectivity index (χ3v) is 2.47. The Morgan fingerprint density at radius 2 is 1.25 bits per heavy atom. The molecule has 0 aliphatic carbocycles. The summed E-state index contributed by atoms with van der Waals surface area (Å²) in [5.74, 6) is 1.12. The van der Waals surface area contributed by atoms with Crippen molar-refractivity contribution in [3.8, 4) is 0 Å². The van der Waals surface area contributed by atoms with Crippen LogP contribution in [0.5, 0.6) is 0 Å². The molecule has 0 aromatic carbocycles. The normalized spacial score (nSPS) is 17.8. The first-order valence-corrected chi connectivity index (χ1v) is 5.68. The summed E-state index contributed by atoms with van der Waals surface area (Å²) in [6.45, 7) is 0. The molecule has 0 radical (unpaired) electrons. The fourth-order valence-electron chi connectivity index (χ4n) is 0.235. The summed E-state index contributed by atoms with van der Waals surface area (Å²) in [4.78, 5) is 0. The molecule has 0 N–H and O–H groups in total. The van der Waals surface area contributed by atoms with Crippen molar-refractivity contribution < 1.29 is 8.42 Å². The molecule has 0 saturated heterocycles. The maximum Gasteiger partial charge on any atom is 0.0347 e. The fourth-order valence-corrected chi connectivity index (χ4v) is 2.11. The van der Waals surface area contributed by atoms with E-state index in [9.17, 15) is 8.42 Å². The Kier molecular flexibility index (Phi) is 4.36. The van der Waals surface area contributed by atoms with Gasteiger partial charge in [-0.05, 0) is 0 Å². The molecule has 0 aliphatic rings. The SMILES string of the molecule is C[S@](=O)CC[S@](C)=O. The predicted molar refractivity (Wildman–Crippen MR) is 37.9 cm³/mol. The molecule has 50 valence electrons. The van der Waals surface area contributed by atoms with Crippen molar-refractivity contribution in [2.45, 2.75) is 0 Å². The van der Waals surface area contributed by atoms with E-state index < -0.39 is 21.6 Å². The first-order chi connectivity index (χ1) is 3.63. The molecule has 0 rings (SSSR count). The lowest BCUT2D eigenvalue weighted by molar-refractivity contribution is 0.682. The molecule has 0 bridgehead atoms. The van der Waals surface area contributed by atoms with E-state index >= 15 is 0 Å². The van der Waals surface area contributed by atoms with E-state index in [1.54, 1.807) is 12.5 Å². The zero-order valence-corrected chi connectivity index (χ0v) is 6.68. The molecule has 0 amide bonds. The summed E-state index contributed by atoms with van der Waals surface area (Å²) in [5, 5.41) is 0. The van der Waals surface area contributed by atoms with Crippen LogP contribution in [0.1, 0.15) is 0 Å². The summed E-state index contributed by atoms with van der Waals surface area (Å²) < 4.78 is 20.6. The topological polar surface area (TPSA) is 34.1 Å². The molecule has 0 aromatic rings. The summed E-state index contributed by atoms with van der Waals surface area (Å²) in [6.07, 6.45) is 3.24. The van der Waals surface area contributed by atoms with Crippen LogP contribution in [0.15, 0.2) is 0 Å². The van der Waals surface area contributed by atoms with Gasteiger partial charge in [0, 0.05) is 45.6 Å². The monoisotopic (exact) mass is 154 g/mol. The summed E-state index contributed by atoms with van der Waals surface area (Å²) >= 11 is 0. The highest BCUT2D eigenvalue weighted by Gasteiger charge is 1.92. The van der Waals surface area contributed by atoms with Crippen molar-refractivity contribution in [3.63, 3.8) is 0 Å². The largest absolute Gasteiger partial charge is 0.260 e. The third kappa shape index (κ3) is 6.30. The van der Waals surface area contributed by atoms with E-state index in [0.29, 0.717) is 11.5 Å². The summed E-state index contributed by atoms with van der Waals surface area (Å²) in [7, 11) is -1.56. The molecule has 2 atom stereocenters. The highest BCUT2D eigenvalue weighted by molar-refractivity contribution is 7.88. The van der Waals surface area contributed by atoms with Gasteiger partial charge >= 0.3 is 0 Å². The van der Waals surface area contributed by atoms with Gasteiger partial charge in [-0.25, -0.2) is 0 Å². The van der Waals surface area contributed by atoms with Crippen LogP contribution >= 0.6 is 0 Å². The number of hydrogen-bond donors (Lipinski definition) is 0. The van der Waals surface area contributed by atoms with Crippen LogP contribution in [-0.2, 0) is 21.6 Å². The summed E-state index contributed by atoms with van der Waals surface area (Å²) in [6, 6.07) is 0. The maximum atomic E-state index is 10.3. The second kappa shape index (κ2) is 4.21. The van der Waals surface area contributed by atoms with Gasteiger partial charge in [0.15, 0.2) is 0 Å². The Labute approximate surface area is 54.6 Å². The van der Waals surface area contributed by atoms with E-state index in [0.717, 1.165) is 0 Å². The highest BCUT2D eigenvalue weighted by atomic mass is 32.2. The van der Waals surface area contributed by atoms with Crippen molar-refractivity contribution in [1.29, 1.82) is 0 Å². The fraction of sp³-hybridized carbons (Fsp3) is 1.00. The molecular weight excluding hydrogens is 144 g/mol. The molecule has 0 fully saturated rings. The molecule has 8 heavy (non-hydrogen) atoms. The molecule has 0 aromatic heterocycles. The van der Waals surface area contributed by atoms with Gasteiger partial charge in [-0.1, -0.05) is 0 Å². The Bertz CT molecular complexity index is 96.6. The molecule has 0 saturated carbocycles. The first-order valence-electron chi connectivity index (χ1n) is 2.23. The average Bonchev–Trinajstić information content (AvgIpc) is 1.61. The van der Waals surface area contributed by atoms with Crippen LogP contribution in [0.2, 0.25) is 0 Å². The van der Waals surface area contributed by atoms with Crippen LogP contribution in [0, 0.1) is 0 Å². The van der Waals surface area contributed by atoms with E-state index in [1.807, 2.05) is 0 Å². The lowest BCUT2D eigenvalue weighted by atomic mass is 11.0. The van der Waals surface area contributed by atoms with Gasteiger partial charge in [0.2, 0.25) is 0 Å². The second-order valence-corrected chi connectivity index (χ2v) is 4.66. The standard InChI is InChI=1S/C4H10O2S2/c1-7(5)3-4-8(2)6/h3-4H2,1-2H3/t7-,8-/m0/s1. The molecular formula is C4H10O2S2. The lowest BCUT2D eigenvalue weighted by Crippen LogP contribution is -2.04. The quantitative estimate of drug-likeness (QED) is 0.561. The predicted octanol–water partition coefficient (Wildman–Crippen LogP) is -0.257. The third-order valence-electron chi connectivity index (χ3n) is 0.658. The van der Waals surface area contributed by atoms with Crippen molar-refractivity contribution in [3.05, 3.63) is 0 Å². The van der Waals surface area contributed by atoms with E-state index in [4.69, 9.17) is 0 Å². The van der Waals surface area contributed by atoms with E-state index in [1.165, 1.54) is 0 Å². The molecule has 0 unspecified atom stereocenters. The Balaban J connectivity index is 3.18. The van der Waals surface area contributed by atoms with Gasteiger partial charge in [0.1, 0.15) is 0 Å². The second-order valence-electron chi connectivity index (χ2n) is 1.55. The van der Waals surface area contributed by atoms with E-state index in [2.05, 4.69) is 0 Å². The van der Waals surface area contributed by atoms with Gasteiger partial charge in [0.25, 0.3) is 0 Å². The highest BCUT2D eigenvalue weighted by Crippen LogP contribution is 1.77. The van der Waals surface area contributed by atoms with Gasteiger partial charge in [-0.3, -0.25) is 8.42 Å². The van der Waals surface area contributed by atoms with Crippen LogP contribution in [0.4, 0.5) is 0 Å². The Morgan fingerprint density at radius 1 is 1.00 bits per heavy atom. The number of rotatable bonds is 3. The van der Waals surface area contributed by atoms with Crippen LogP contribution in [0.25, 0.3) is 0 Å². The molecule has 0 spiro atoms. The van der Waals surface area contributed by atoms with Crippen molar-refractivity contribution in [1.82, 2.24) is 0 Å². The molecule has 4 heteroatoms. The molecule has 0 aliphatic heterocycles.